The Balaban J connectivity index is 2.03. The molecule has 0 spiro atoms. The fourth-order valence-electron chi connectivity index (χ4n) is 2.05. The van der Waals surface area contributed by atoms with Crippen LogP contribution in [0.15, 0.2) is 29.2 Å². The highest BCUT2D eigenvalue weighted by Gasteiger charge is 2.36. The van der Waals surface area contributed by atoms with Gasteiger partial charge in [0.2, 0.25) is 0 Å². The maximum atomic E-state index is 12.3. The van der Waals surface area contributed by atoms with E-state index in [2.05, 4.69) is 0 Å². The van der Waals surface area contributed by atoms with E-state index in [1.807, 2.05) is 20.8 Å². The van der Waals surface area contributed by atoms with Gasteiger partial charge in [-0.25, -0.2) is 0 Å². The molecule has 134 valence electrons. The Kier molecular flexibility index (Phi) is 6.64. The summed E-state index contributed by atoms with van der Waals surface area (Å²) in [6, 6.07) is 7.19. The quantitative estimate of drug-likeness (QED) is 0.547. The Bertz CT molecular complexity index is 681. The van der Waals surface area contributed by atoms with Crippen molar-refractivity contribution in [1.29, 1.82) is 0 Å². The van der Waals surface area contributed by atoms with Gasteiger partial charge in [0.05, 0.1) is 18.1 Å². The molecule has 0 radical (unpaired) electrons. The molecule has 2 amide bonds. The number of esters is 1. The molecule has 1 saturated heterocycles. The molecule has 1 fully saturated rings. The van der Waals surface area contributed by atoms with Gasteiger partial charge < -0.3 is 9.47 Å². The van der Waals surface area contributed by atoms with Gasteiger partial charge in [-0.15, -0.1) is 0 Å². The summed E-state index contributed by atoms with van der Waals surface area (Å²) in [7, 11) is 0. The van der Waals surface area contributed by atoms with Gasteiger partial charge in [0.25, 0.3) is 11.1 Å². The fourth-order valence-corrected chi connectivity index (χ4v) is 2.89. The molecule has 1 aromatic rings. The Morgan fingerprint density at radius 1 is 1.24 bits per heavy atom. The molecule has 1 aliphatic rings. The Labute approximate surface area is 151 Å². The number of rotatable bonds is 7. The highest BCUT2D eigenvalue weighted by molar-refractivity contribution is 8.18. The van der Waals surface area contributed by atoms with Crippen LogP contribution >= 0.6 is 11.8 Å². The third kappa shape index (κ3) is 5.35. The predicted octanol–water partition coefficient (Wildman–Crippen LogP) is 3.32. The van der Waals surface area contributed by atoms with E-state index >= 15 is 0 Å². The molecule has 2 rings (SSSR count). The van der Waals surface area contributed by atoms with Crippen molar-refractivity contribution < 1.29 is 23.9 Å². The van der Waals surface area contributed by atoms with E-state index in [0.29, 0.717) is 6.61 Å². The molecule has 0 aromatic heterocycles. The van der Waals surface area contributed by atoms with Crippen LogP contribution in [0.5, 0.6) is 5.75 Å². The van der Waals surface area contributed by atoms with Crippen LogP contribution in [0.1, 0.15) is 26.3 Å². The maximum absolute atomic E-state index is 12.3. The van der Waals surface area contributed by atoms with E-state index in [1.165, 1.54) is 0 Å². The molecule has 1 aromatic carbocycles. The minimum absolute atomic E-state index is 0.193. The van der Waals surface area contributed by atoms with Crippen molar-refractivity contribution in [1.82, 2.24) is 4.90 Å². The molecule has 0 saturated carbocycles. The molecule has 0 N–H and O–H groups in total. The Morgan fingerprint density at radius 3 is 2.52 bits per heavy atom. The van der Waals surface area contributed by atoms with Crippen LogP contribution in [0.2, 0.25) is 0 Å². The van der Waals surface area contributed by atoms with Crippen molar-refractivity contribution in [3.8, 4) is 5.75 Å². The number of carbonyl (C=O) groups is 3. The summed E-state index contributed by atoms with van der Waals surface area (Å²) in [5.41, 5.74) is 0.774. The summed E-state index contributed by atoms with van der Waals surface area (Å²) in [6.45, 7) is 6.19. The summed E-state index contributed by atoms with van der Waals surface area (Å²) in [4.78, 5) is 37.3. The topological polar surface area (TPSA) is 72.9 Å². The zero-order valence-electron chi connectivity index (χ0n) is 14.5. The first-order valence-corrected chi connectivity index (χ1v) is 8.86. The zero-order valence-corrected chi connectivity index (χ0v) is 15.3. The van der Waals surface area contributed by atoms with Crippen LogP contribution in [0, 0.1) is 5.92 Å². The largest absolute Gasteiger partial charge is 0.494 e. The van der Waals surface area contributed by atoms with E-state index < -0.39 is 17.1 Å². The molecule has 0 unspecified atom stereocenters. The van der Waals surface area contributed by atoms with E-state index in [9.17, 15) is 14.4 Å². The summed E-state index contributed by atoms with van der Waals surface area (Å²) in [5.74, 6) is -0.136. The van der Waals surface area contributed by atoms with Crippen molar-refractivity contribution in [2.75, 3.05) is 19.8 Å². The lowest BCUT2D eigenvalue weighted by Crippen LogP contribution is -2.34. The smallest absolute Gasteiger partial charge is 0.326 e. The molecule has 0 bridgehead atoms. The lowest BCUT2D eigenvalue weighted by atomic mass is 10.2. The van der Waals surface area contributed by atoms with E-state index in [0.717, 1.165) is 28.0 Å². The fraction of sp³-hybridized carbons (Fsp3) is 0.389. The molecule has 0 atom stereocenters. The van der Waals surface area contributed by atoms with Crippen LogP contribution in [0.4, 0.5) is 4.79 Å². The number of carbonyl (C=O) groups excluding carboxylic acids is 3. The number of thioether (sulfide) groups is 1. The molecule has 1 heterocycles. The molecule has 6 nitrogen and oxygen atoms in total. The summed E-state index contributed by atoms with van der Waals surface area (Å²) < 4.78 is 10.4. The van der Waals surface area contributed by atoms with Gasteiger partial charge in [-0.1, -0.05) is 26.0 Å². The molecular formula is C18H21NO5S. The second-order valence-electron chi connectivity index (χ2n) is 5.85. The average Bonchev–Trinajstić information content (AvgIpc) is 2.82. The highest BCUT2D eigenvalue weighted by Crippen LogP contribution is 2.32. The number of ether oxygens (including phenoxy) is 2. The molecule has 25 heavy (non-hydrogen) atoms. The van der Waals surface area contributed by atoms with E-state index in [-0.39, 0.29) is 24.0 Å². The number of imide groups is 1. The molecule has 1 aliphatic heterocycles. The SMILES string of the molecule is CCOc1ccc(/C=C2/SC(=O)N(CC(=O)OCC(C)C)C2=O)cc1. The first-order chi connectivity index (χ1) is 11.9. The van der Waals surface area contributed by atoms with Crippen molar-refractivity contribution in [3.63, 3.8) is 0 Å². The van der Waals surface area contributed by atoms with Crippen molar-refractivity contribution in [3.05, 3.63) is 34.7 Å². The summed E-state index contributed by atoms with van der Waals surface area (Å²) in [5, 5.41) is -0.469. The van der Waals surface area contributed by atoms with Crippen molar-refractivity contribution in [2.45, 2.75) is 20.8 Å². The number of benzene rings is 1. The molecule has 7 heteroatoms. The zero-order chi connectivity index (χ0) is 18.4. The summed E-state index contributed by atoms with van der Waals surface area (Å²) in [6.07, 6.45) is 1.63. The van der Waals surface area contributed by atoms with Crippen LogP contribution < -0.4 is 4.74 Å². The highest BCUT2D eigenvalue weighted by atomic mass is 32.2. The van der Waals surface area contributed by atoms with Gasteiger partial charge in [-0.2, -0.15) is 0 Å². The number of nitrogens with zero attached hydrogens (tertiary/aromatic N) is 1. The first kappa shape index (κ1) is 19.1. The number of hydrogen-bond acceptors (Lipinski definition) is 6. The van der Waals surface area contributed by atoms with Crippen LogP contribution in [-0.4, -0.2) is 41.8 Å². The minimum atomic E-state index is -0.585. The average molecular weight is 363 g/mol. The van der Waals surface area contributed by atoms with Gasteiger partial charge in [0.15, 0.2) is 0 Å². The molecule has 0 aliphatic carbocycles. The van der Waals surface area contributed by atoms with Crippen LogP contribution in [-0.2, 0) is 14.3 Å². The molecular weight excluding hydrogens is 342 g/mol. The monoisotopic (exact) mass is 363 g/mol. The predicted molar refractivity (Wildman–Crippen MR) is 96.1 cm³/mol. The summed E-state index contributed by atoms with van der Waals surface area (Å²) >= 11 is 0.817. The number of amides is 2. The van der Waals surface area contributed by atoms with Gasteiger partial charge in [-0.05, 0) is 48.4 Å². The Morgan fingerprint density at radius 2 is 1.92 bits per heavy atom. The van der Waals surface area contributed by atoms with E-state index in [1.54, 1.807) is 30.3 Å². The number of hydrogen-bond donors (Lipinski definition) is 0. The van der Waals surface area contributed by atoms with Crippen molar-refractivity contribution >= 4 is 35.0 Å². The second-order valence-corrected chi connectivity index (χ2v) is 6.84. The van der Waals surface area contributed by atoms with Crippen LogP contribution in [0.25, 0.3) is 6.08 Å². The van der Waals surface area contributed by atoms with E-state index in [4.69, 9.17) is 9.47 Å². The maximum Gasteiger partial charge on any atom is 0.326 e. The van der Waals surface area contributed by atoms with Gasteiger partial charge >= 0.3 is 5.97 Å². The normalized spacial score (nSPS) is 16.0. The van der Waals surface area contributed by atoms with Crippen molar-refractivity contribution in [2.24, 2.45) is 5.92 Å². The standard InChI is InChI=1S/C18H21NO5S/c1-4-23-14-7-5-13(6-8-14)9-15-17(21)19(18(22)25-15)10-16(20)24-11-12(2)3/h5-9,12H,4,10-11H2,1-3H3/b15-9+. The minimum Gasteiger partial charge on any atom is -0.494 e. The van der Waals surface area contributed by atoms with Gasteiger partial charge in [0, 0.05) is 0 Å². The third-order valence-electron chi connectivity index (χ3n) is 3.23. The van der Waals surface area contributed by atoms with Crippen LogP contribution in [0.3, 0.4) is 0 Å². The second kappa shape index (κ2) is 8.71. The van der Waals surface area contributed by atoms with Gasteiger partial charge in [0.1, 0.15) is 12.3 Å². The lowest BCUT2D eigenvalue weighted by Gasteiger charge is -2.12. The Hall–Kier alpha value is -2.28. The third-order valence-corrected chi connectivity index (χ3v) is 4.13. The first-order valence-electron chi connectivity index (χ1n) is 8.04. The van der Waals surface area contributed by atoms with Gasteiger partial charge in [-0.3, -0.25) is 19.3 Å². The lowest BCUT2D eigenvalue weighted by molar-refractivity contribution is -0.147.